The van der Waals surface area contributed by atoms with E-state index in [2.05, 4.69) is 10.0 Å². The third-order valence-electron chi connectivity index (χ3n) is 3.88. The highest BCUT2D eigenvalue weighted by atomic mass is 35.5. The summed E-state index contributed by atoms with van der Waals surface area (Å²) >= 11 is 6.17. The van der Waals surface area contributed by atoms with Crippen molar-refractivity contribution in [3.63, 3.8) is 0 Å². The molecule has 2 aromatic rings. The highest BCUT2D eigenvalue weighted by Crippen LogP contribution is 2.30. The molecule has 26 heavy (non-hydrogen) atoms. The lowest BCUT2D eigenvalue weighted by Crippen LogP contribution is -2.17. The minimum Gasteiger partial charge on any atom is -0.326 e. The van der Waals surface area contributed by atoms with E-state index in [9.17, 15) is 13.2 Å². The summed E-state index contributed by atoms with van der Waals surface area (Å²) in [6.07, 6.45) is 0. The Morgan fingerprint density at radius 3 is 2.27 bits per heavy atom. The third kappa shape index (κ3) is 4.77. The van der Waals surface area contributed by atoms with Gasteiger partial charge < -0.3 is 5.32 Å². The maximum atomic E-state index is 12.9. The van der Waals surface area contributed by atoms with E-state index in [-0.39, 0.29) is 26.9 Å². The number of rotatable bonds is 4. The van der Waals surface area contributed by atoms with E-state index >= 15 is 0 Å². The number of benzene rings is 2. The van der Waals surface area contributed by atoms with Gasteiger partial charge in [0, 0.05) is 12.6 Å². The quantitative estimate of drug-likeness (QED) is 0.788. The molecule has 0 aliphatic rings. The van der Waals surface area contributed by atoms with Gasteiger partial charge in [-0.15, -0.1) is 0 Å². The molecule has 5 nitrogen and oxygen atoms in total. The molecule has 2 N–H and O–H groups in total. The van der Waals surface area contributed by atoms with Gasteiger partial charge in [-0.3, -0.25) is 9.52 Å². The number of carbonyl (C=O) groups excluding carboxylic acids is 1. The number of aryl methyl sites for hydroxylation is 1. The van der Waals surface area contributed by atoms with E-state index in [0.29, 0.717) is 11.3 Å². The Morgan fingerprint density at radius 1 is 1.08 bits per heavy atom. The van der Waals surface area contributed by atoms with E-state index in [1.165, 1.54) is 19.1 Å². The van der Waals surface area contributed by atoms with Crippen molar-refractivity contribution in [2.75, 3.05) is 10.0 Å². The van der Waals surface area contributed by atoms with Gasteiger partial charge in [0.05, 0.1) is 15.6 Å². The number of halogens is 1. The Labute approximate surface area is 159 Å². The predicted octanol–water partition coefficient (Wildman–Crippen LogP) is 4.71. The highest BCUT2D eigenvalue weighted by Gasteiger charge is 2.22. The zero-order valence-corrected chi connectivity index (χ0v) is 17.0. The largest absolute Gasteiger partial charge is 0.326 e. The zero-order chi connectivity index (χ0) is 19.7. The fourth-order valence-electron chi connectivity index (χ4n) is 2.43. The van der Waals surface area contributed by atoms with Crippen LogP contribution in [0.2, 0.25) is 5.02 Å². The number of anilines is 2. The Balaban J connectivity index is 2.39. The highest BCUT2D eigenvalue weighted by molar-refractivity contribution is 7.92. The monoisotopic (exact) mass is 394 g/mol. The van der Waals surface area contributed by atoms with Crippen molar-refractivity contribution in [2.45, 2.75) is 44.9 Å². The summed E-state index contributed by atoms with van der Waals surface area (Å²) in [5.41, 5.74) is 2.15. The van der Waals surface area contributed by atoms with Crippen LogP contribution in [0.1, 0.15) is 38.8 Å². The van der Waals surface area contributed by atoms with E-state index in [1.54, 1.807) is 25.1 Å². The normalized spacial score (nSPS) is 11.9. The molecule has 0 heterocycles. The molecule has 140 valence electrons. The van der Waals surface area contributed by atoms with Crippen LogP contribution in [0.25, 0.3) is 0 Å². The van der Waals surface area contributed by atoms with Crippen LogP contribution in [0.15, 0.2) is 41.3 Å². The average molecular weight is 395 g/mol. The maximum absolute atomic E-state index is 12.9. The maximum Gasteiger partial charge on any atom is 0.262 e. The molecule has 7 heteroatoms. The van der Waals surface area contributed by atoms with Crippen molar-refractivity contribution in [3.05, 3.63) is 52.5 Å². The average Bonchev–Trinajstić information content (AvgIpc) is 2.48. The Morgan fingerprint density at radius 2 is 1.73 bits per heavy atom. The second-order valence-corrected chi connectivity index (χ2v) is 9.27. The van der Waals surface area contributed by atoms with Crippen molar-refractivity contribution < 1.29 is 13.2 Å². The second-order valence-electron chi connectivity index (χ2n) is 7.21. The molecule has 0 spiro atoms. The third-order valence-corrected chi connectivity index (χ3v) is 5.70. The number of sulfonamides is 1. The minimum absolute atomic E-state index is 0.171. The summed E-state index contributed by atoms with van der Waals surface area (Å²) in [5, 5.41) is 2.80. The van der Waals surface area contributed by atoms with E-state index in [0.717, 1.165) is 5.56 Å². The molecule has 0 bridgehead atoms. The van der Waals surface area contributed by atoms with Crippen LogP contribution in [0.5, 0.6) is 0 Å². The van der Waals surface area contributed by atoms with Crippen LogP contribution in [0, 0.1) is 6.92 Å². The van der Waals surface area contributed by atoms with Gasteiger partial charge in [0.2, 0.25) is 5.91 Å². The molecule has 2 rings (SSSR count). The first-order valence-corrected chi connectivity index (χ1v) is 9.97. The van der Waals surface area contributed by atoms with Crippen LogP contribution < -0.4 is 10.0 Å². The van der Waals surface area contributed by atoms with Crippen LogP contribution in [0.3, 0.4) is 0 Å². The summed E-state index contributed by atoms with van der Waals surface area (Å²) in [6.45, 7) is 9.22. The molecule has 0 unspecified atom stereocenters. The predicted molar refractivity (Wildman–Crippen MR) is 106 cm³/mol. The molecule has 0 atom stereocenters. The molecule has 0 aromatic heterocycles. The topological polar surface area (TPSA) is 75.3 Å². The molecule has 0 fully saturated rings. The first-order valence-electron chi connectivity index (χ1n) is 8.11. The summed E-state index contributed by atoms with van der Waals surface area (Å²) in [6, 6.07) is 10.0. The second kappa shape index (κ2) is 7.29. The Bertz CT molecular complexity index is 948. The smallest absolute Gasteiger partial charge is 0.262 e. The number of carbonyl (C=O) groups is 1. The summed E-state index contributed by atoms with van der Waals surface area (Å²) < 4.78 is 28.3. The number of hydrogen-bond donors (Lipinski definition) is 2. The van der Waals surface area contributed by atoms with Gasteiger partial charge in [0.15, 0.2) is 0 Å². The van der Waals surface area contributed by atoms with Gasteiger partial charge in [0.1, 0.15) is 0 Å². The van der Waals surface area contributed by atoms with Gasteiger partial charge in [-0.2, -0.15) is 0 Å². The van der Waals surface area contributed by atoms with Crippen LogP contribution in [-0.2, 0) is 20.2 Å². The molecule has 0 radical (unpaired) electrons. The zero-order valence-electron chi connectivity index (χ0n) is 15.5. The lowest BCUT2D eigenvalue weighted by Gasteiger charge is -2.21. The van der Waals surface area contributed by atoms with E-state index in [1.807, 2.05) is 26.8 Å². The van der Waals surface area contributed by atoms with Gasteiger partial charge >= 0.3 is 0 Å². The molecular weight excluding hydrogens is 372 g/mol. The van der Waals surface area contributed by atoms with Crippen molar-refractivity contribution in [3.8, 4) is 0 Å². The Hall–Kier alpha value is -2.05. The van der Waals surface area contributed by atoms with Gasteiger partial charge in [0.25, 0.3) is 10.0 Å². The van der Waals surface area contributed by atoms with Crippen molar-refractivity contribution in [1.82, 2.24) is 0 Å². The van der Waals surface area contributed by atoms with Crippen molar-refractivity contribution in [1.29, 1.82) is 0 Å². The summed E-state index contributed by atoms with van der Waals surface area (Å²) in [5.74, 6) is -0.232. The number of hydrogen-bond acceptors (Lipinski definition) is 3. The van der Waals surface area contributed by atoms with Crippen LogP contribution in [-0.4, -0.2) is 14.3 Å². The van der Waals surface area contributed by atoms with E-state index in [4.69, 9.17) is 11.6 Å². The number of amides is 1. The van der Waals surface area contributed by atoms with Crippen molar-refractivity contribution in [2.24, 2.45) is 0 Å². The van der Waals surface area contributed by atoms with E-state index < -0.39 is 10.0 Å². The summed E-state index contributed by atoms with van der Waals surface area (Å²) in [4.78, 5) is 11.3. The standard InChI is InChI=1S/C19H23ClN2O3S/c1-12-6-7-14(19(3,4)5)10-18(12)26(24,25)22-17-9-8-15(11-16(17)20)21-13(2)23/h6-11,22H,1-5H3,(H,21,23). The molecule has 1 amide bonds. The fraction of sp³-hybridized carbons (Fsp3) is 0.316. The number of nitrogens with one attached hydrogen (secondary N) is 2. The molecular formula is C19H23ClN2O3S. The van der Waals surface area contributed by atoms with Crippen molar-refractivity contribution >= 4 is 38.9 Å². The van der Waals surface area contributed by atoms with Crippen LogP contribution >= 0.6 is 11.6 Å². The minimum atomic E-state index is -3.81. The first kappa shape index (κ1) is 20.3. The molecule has 0 saturated carbocycles. The lowest BCUT2D eigenvalue weighted by atomic mass is 9.87. The molecule has 2 aromatic carbocycles. The Kier molecular flexibility index (Phi) is 5.68. The summed E-state index contributed by atoms with van der Waals surface area (Å²) in [7, 11) is -3.81. The fourth-order valence-corrected chi connectivity index (χ4v) is 4.07. The molecule has 0 aliphatic heterocycles. The SMILES string of the molecule is CC(=O)Nc1ccc(NS(=O)(=O)c2cc(C(C)(C)C)ccc2C)c(Cl)c1. The van der Waals surface area contributed by atoms with Gasteiger partial charge in [-0.05, 0) is 47.7 Å². The molecule has 0 aliphatic carbocycles. The van der Waals surface area contributed by atoms with Gasteiger partial charge in [-0.1, -0.05) is 44.5 Å². The first-order chi connectivity index (χ1) is 11.9. The van der Waals surface area contributed by atoms with Gasteiger partial charge in [-0.25, -0.2) is 8.42 Å². The lowest BCUT2D eigenvalue weighted by molar-refractivity contribution is -0.114. The molecule has 0 saturated heterocycles. The van der Waals surface area contributed by atoms with Crippen LogP contribution in [0.4, 0.5) is 11.4 Å².